The minimum atomic E-state index is 0.0441. The molecule has 0 amide bonds. The Bertz CT molecular complexity index is 658. The fraction of sp³-hybridized carbons (Fsp3) is 0.158. The largest absolute Gasteiger partial charge is 0.508 e. The van der Waals surface area contributed by atoms with Gasteiger partial charge < -0.3 is 14.9 Å². The van der Waals surface area contributed by atoms with Crippen molar-refractivity contribution in [2.24, 2.45) is 0 Å². The lowest BCUT2D eigenvalue weighted by atomic mass is 10.1. The number of hydrogen-bond donors (Lipinski definition) is 2. The highest BCUT2D eigenvalue weighted by molar-refractivity contribution is 5.71. The van der Waals surface area contributed by atoms with Gasteiger partial charge in [-0.3, -0.25) is 0 Å². The van der Waals surface area contributed by atoms with Gasteiger partial charge in [0.05, 0.1) is 0 Å². The standard InChI is InChI=1S/C19H20O3/c1-14(2)9-10-22-19-7-5-15(6-8-19)3-4-16-11-17(20)13-18(21)12-16/h3-9,11-13,20-21H,10H2,1-2H3/b4-3+. The van der Waals surface area contributed by atoms with E-state index >= 15 is 0 Å². The molecular weight excluding hydrogens is 276 g/mol. The number of ether oxygens (including phenoxy) is 1. The minimum Gasteiger partial charge on any atom is -0.508 e. The Labute approximate surface area is 130 Å². The Morgan fingerprint density at radius 2 is 1.50 bits per heavy atom. The van der Waals surface area contributed by atoms with Gasteiger partial charge in [-0.2, -0.15) is 0 Å². The van der Waals surface area contributed by atoms with Crippen molar-refractivity contribution in [1.82, 2.24) is 0 Å². The molecule has 22 heavy (non-hydrogen) atoms. The molecule has 2 aromatic rings. The van der Waals surface area contributed by atoms with Crippen LogP contribution >= 0.6 is 0 Å². The Morgan fingerprint density at radius 3 is 2.09 bits per heavy atom. The summed E-state index contributed by atoms with van der Waals surface area (Å²) in [6.45, 7) is 4.65. The normalized spacial score (nSPS) is 10.6. The van der Waals surface area contributed by atoms with Gasteiger partial charge in [-0.15, -0.1) is 0 Å². The highest BCUT2D eigenvalue weighted by Crippen LogP contribution is 2.22. The lowest BCUT2D eigenvalue weighted by Crippen LogP contribution is -1.93. The van der Waals surface area contributed by atoms with Gasteiger partial charge in [0, 0.05) is 6.07 Å². The average Bonchev–Trinajstić information content (AvgIpc) is 2.45. The molecule has 0 atom stereocenters. The second kappa shape index (κ2) is 7.36. The summed E-state index contributed by atoms with van der Waals surface area (Å²) >= 11 is 0. The van der Waals surface area contributed by atoms with E-state index in [0.717, 1.165) is 16.9 Å². The van der Waals surface area contributed by atoms with Gasteiger partial charge in [0.15, 0.2) is 0 Å². The first-order chi connectivity index (χ1) is 10.5. The van der Waals surface area contributed by atoms with Crippen molar-refractivity contribution in [2.45, 2.75) is 13.8 Å². The molecule has 2 aromatic carbocycles. The van der Waals surface area contributed by atoms with E-state index in [9.17, 15) is 10.2 Å². The van der Waals surface area contributed by atoms with Crippen molar-refractivity contribution in [3.05, 3.63) is 65.2 Å². The number of benzene rings is 2. The van der Waals surface area contributed by atoms with E-state index in [0.29, 0.717) is 6.61 Å². The van der Waals surface area contributed by atoms with Crippen molar-refractivity contribution in [1.29, 1.82) is 0 Å². The molecule has 3 nitrogen and oxygen atoms in total. The van der Waals surface area contributed by atoms with Gasteiger partial charge in [-0.1, -0.05) is 29.9 Å². The zero-order chi connectivity index (χ0) is 15.9. The van der Waals surface area contributed by atoms with Crippen molar-refractivity contribution < 1.29 is 14.9 Å². The van der Waals surface area contributed by atoms with Crippen LogP contribution in [-0.2, 0) is 0 Å². The van der Waals surface area contributed by atoms with E-state index in [4.69, 9.17) is 4.74 Å². The van der Waals surface area contributed by atoms with E-state index in [2.05, 4.69) is 0 Å². The SMILES string of the molecule is CC(C)=CCOc1ccc(/C=C/c2cc(O)cc(O)c2)cc1. The predicted molar refractivity (Wildman–Crippen MR) is 90.1 cm³/mol. The zero-order valence-electron chi connectivity index (χ0n) is 12.8. The molecule has 0 bridgehead atoms. The number of phenolic OH excluding ortho intramolecular Hbond substituents is 2. The quantitative estimate of drug-likeness (QED) is 0.625. The number of allylic oxidation sites excluding steroid dienone is 1. The summed E-state index contributed by atoms with van der Waals surface area (Å²) in [5.41, 5.74) is 2.98. The van der Waals surface area contributed by atoms with Crippen molar-refractivity contribution in [2.75, 3.05) is 6.61 Å². The van der Waals surface area contributed by atoms with Crippen LogP contribution in [0.25, 0.3) is 12.2 Å². The van der Waals surface area contributed by atoms with Crippen molar-refractivity contribution >= 4 is 12.2 Å². The third-order valence-electron chi connectivity index (χ3n) is 3.01. The summed E-state index contributed by atoms with van der Waals surface area (Å²) in [6, 6.07) is 12.2. The van der Waals surface area contributed by atoms with Gasteiger partial charge in [0.1, 0.15) is 23.9 Å². The average molecular weight is 296 g/mol. The van der Waals surface area contributed by atoms with Crippen LogP contribution in [0.1, 0.15) is 25.0 Å². The number of rotatable bonds is 5. The summed E-state index contributed by atoms with van der Waals surface area (Å²) in [7, 11) is 0. The molecule has 0 radical (unpaired) electrons. The zero-order valence-corrected chi connectivity index (χ0v) is 12.8. The number of phenols is 2. The van der Waals surface area contributed by atoms with Crippen molar-refractivity contribution in [3.63, 3.8) is 0 Å². The first kappa shape index (κ1) is 15.7. The highest BCUT2D eigenvalue weighted by atomic mass is 16.5. The number of hydrogen-bond acceptors (Lipinski definition) is 3. The van der Waals surface area contributed by atoms with Gasteiger partial charge in [0.25, 0.3) is 0 Å². The first-order valence-electron chi connectivity index (χ1n) is 7.10. The molecule has 0 heterocycles. The molecule has 0 aromatic heterocycles. The summed E-state index contributed by atoms with van der Waals surface area (Å²) in [5.74, 6) is 0.912. The Balaban J connectivity index is 2.01. The molecule has 0 aliphatic rings. The molecule has 0 aliphatic heterocycles. The molecule has 0 unspecified atom stereocenters. The predicted octanol–water partition coefficient (Wildman–Crippen LogP) is 4.61. The summed E-state index contributed by atoms with van der Waals surface area (Å²) in [6.07, 6.45) is 5.77. The van der Waals surface area contributed by atoms with Crippen LogP contribution in [-0.4, -0.2) is 16.8 Å². The Hall–Kier alpha value is -2.68. The van der Waals surface area contributed by atoms with Gasteiger partial charge in [-0.05, 0) is 55.3 Å². The third-order valence-corrected chi connectivity index (χ3v) is 3.01. The van der Waals surface area contributed by atoms with Crippen molar-refractivity contribution in [3.8, 4) is 17.2 Å². The maximum atomic E-state index is 9.43. The molecular formula is C19H20O3. The maximum absolute atomic E-state index is 9.43. The van der Waals surface area contributed by atoms with Crippen LogP contribution in [0.2, 0.25) is 0 Å². The van der Waals surface area contributed by atoms with E-state index in [1.807, 2.05) is 56.3 Å². The van der Waals surface area contributed by atoms with Crippen LogP contribution in [0.5, 0.6) is 17.2 Å². The molecule has 114 valence electrons. The molecule has 0 saturated carbocycles. The van der Waals surface area contributed by atoms with Gasteiger partial charge >= 0.3 is 0 Å². The Kier molecular flexibility index (Phi) is 5.26. The van der Waals surface area contributed by atoms with Crippen LogP contribution in [0.15, 0.2) is 54.1 Å². The monoisotopic (exact) mass is 296 g/mol. The fourth-order valence-electron chi connectivity index (χ4n) is 1.89. The summed E-state index contributed by atoms with van der Waals surface area (Å²) in [5, 5.41) is 18.9. The Morgan fingerprint density at radius 1 is 0.909 bits per heavy atom. The van der Waals surface area contributed by atoms with Crippen LogP contribution < -0.4 is 4.74 Å². The number of aromatic hydroxyl groups is 2. The molecule has 2 rings (SSSR count). The molecule has 2 N–H and O–H groups in total. The third kappa shape index (κ3) is 5.02. The summed E-state index contributed by atoms with van der Waals surface area (Å²) in [4.78, 5) is 0. The van der Waals surface area contributed by atoms with Crippen LogP contribution in [0.3, 0.4) is 0 Å². The maximum Gasteiger partial charge on any atom is 0.119 e. The fourth-order valence-corrected chi connectivity index (χ4v) is 1.89. The second-order valence-electron chi connectivity index (χ2n) is 5.28. The molecule has 0 saturated heterocycles. The van der Waals surface area contributed by atoms with E-state index < -0.39 is 0 Å². The minimum absolute atomic E-state index is 0.0441. The van der Waals surface area contributed by atoms with Gasteiger partial charge in [0.2, 0.25) is 0 Å². The van der Waals surface area contributed by atoms with E-state index in [1.54, 1.807) is 12.1 Å². The summed E-state index contributed by atoms with van der Waals surface area (Å²) < 4.78 is 5.60. The van der Waals surface area contributed by atoms with Crippen LogP contribution in [0, 0.1) is 0 Å². The van der Waals surface area contributed by atoms with E-state index in [-0.39, 0.29) is 11.5 Å². The molecule has 0 aliphatic carbocycles. The molecule has 3 heteroatoms. The molecule has 0 fully saturated rings. The van der Waals surface area contributed by atoms with Crippen LogP contribution in [0.4, 0.5) is 0 Å². The van der Waals surface area contributed by atoms with Gasteiger partial charge in [-0.25, -0.2) is 0 Å². The lowest BCUT2D eigenvalue weighted by Gasteiger charge is -2.04. The topological polar surface area (TPSA) is 49.7 Å². The lowest BCUT2D eigenvalue weighted by molar-refractivity contribution is 0.362. The second-order valence-corrected chi connectivity index (χ2v) is 5.28. The smallest absolute Gasteiger partial charge is 0.119 e. The van der Waals surface area contributed by atoms with E-state index in [1.165, 1.54) is 11.6 Å². The highest BCUT2D eigenvalue weighted by Gasteiger charge is 1.96. The molecule has 0 spiro atoms. The first-order valence-corrected chi connectivity index (χ1v) is 7.10.